The highest BCUT2D eigenvalue weighted by Gasteiger charge is 2.08. The van der Waals surface area contributed by atoms with Gasteiger partial charge in [-0.15, -0.1) is 0 Å². The summed E-state index contributed by atoms with van der Waals surface area (Å²) in [4.78, 5) is 13.3. The van der Waals surface area contributed by atoms with E-state index in [1.807, 2.05) is 24.3 Å². The fourth-order valence-corrected chi connectivity index (χ4v) is 2.02. The van der Waals surface area contributed by atoms with Crippen LogP contribution in [0.15, 0.2) is 24.3 Å². The van der Waals surface area contributed by atoms with Crippen LogP contribution >= 0.6 is 0 Å². The van der Waals surface area contributed by atoms with Gasteiger partial charge in [-0.05, 0) is 43.5 Å². The first-order chi connectivity index (χ1) is 8.40. The predicted molar refractivity (Wildman–Crippen MR) is 77.0 cm³/mol. The smallest absolute Gasteiger partial charge is 0.253 e. The molecule has 3 heteroatoms. The third-order valence-electron chi connectivity index (χ3n) is 2.78. The van der Waals surface area contributed by atoms with E-state index in [1.165, 1.54) is 0 Å². The van der Waals surface area contributed by atoms with Gasteiger partial charge >= 0.3 is 0 Å². The number of rotatable bonds is 5. The van der Waals surface area contributed by atoms with Gasteiger partial charge in [0.15, 0.2) is 0 Å². The van der Waals surface area contributed by atoms with E-state index in [-0.39, 0.29) is 5.91 Å². The van der Waals surface area contributed by atoms with E-state index in [0.717, 1.165) is 17.7 Å². The van der Waals surface area contributed by atoms with Crippen LogP contribution in [0.4, 0.5) is 5.69 Å². The third kappa shape index (κ3) is 4.40. The molecule has 1 aromatic rings. The SMILES string of the molecule is CC(C)CC(C)Nc1ccc(C(=O)N(C)C)cc1. The molecule has 0 saturated carbocycles. The second-order valence-corrected chi connectivity index (χ2v) is 5.45. The lowest BCUT2D eigenvalue weighted by atomic mass is 10.0. The molecule has 0 heterocycles. The number of hydrogen-bond donors (Lipinski definition) is 1. The third-order valence-corrected chi connectivity index (χ3v) is 2.78. The minimum absolute atomic E-state index is 0.0387. The van der Waals surface area contributed by atoms with Gasteiger partial charge in [0.1, 0.15) is 0 Å². The largest absolute Gasteiger partial charge is 0.383 e. The topological polar surface area (TPSA) is 32.3 Å². The maximum Gasteiger partial charge on any atom is 0.253 e. The first-order valence-corrected chi connectivity index (χ1v) is 6.48. The minimum Gasteiger partial charge on any atom is -0.383 e. The Bertz CT molecular complexity index is 382. The molecule has 0 aliphatic heterocycles. The van der Waals surface area contributed by atoms with Crippen molar-refractivity contribution in [1.82, 2.24) is 4.90 Å². The fourth-order valence-electron chi connectivity index (χ4n) is 2.02. The van der Waals surface area contributed by atoms with Crippen molar-refractivity contribution in [2.45, 2.75) is 33.2 Å². The number of benzene rings is 1. The lowest BCUT2D eigenvalue weighted by Gasteiger charge is -2.17. The van der Waals surface area contributed by atoms with Gasteiger partial charge in [-0.2, -0.15) is 0 Å². The maximum absolute atomic E-state index is 11.7. The number of hydrogen-bond acceptors (Lipinski definition) is 2. The molecule has 3 nitrogen and oxygen atoms in total. The van der Waals surface area contributed by atoms with Crippen LogP contribution < -0.4 is 5.32 Å². The molecular weight excluding hydrogens is 224 g/mol. The summed E-state index contributed by atoms with van der Waals surface area (Å²) in [7, 11) is 3.53. The molecule has 0 aliphatic rings. The van der Waals surface area contributed by atoms with Gasteiger partial charge in [0, 0.05) is 31.4 Å². The average Bonchev–Trinajstić information content (AvgIpc) is 2.27. The van der Waals surface area contributed by atoms with Gasteiger partial charge in [-0.3, -0.25) is 4.79 Å². The molecule has 1 atom stereocenters. The maximum atomic E-state index is 11.7. The predicted octanol–water partition coefficient (Wildman–Crippen LogP) is 3.23. The van der Waals surface area contributed by atoms with Crippen molar-refractivity contribution in [3.8, 4) is 0 Å². The number of carbonyl (C=O) groups is 1. The van der Waals surface area contributed by atoms with Gasteiger partial charge in [0.25, 0.3) is 5.91 Å². The van der Waals surface area contributed by atoms with E-state index < -0.39 is 0 Å². The summed E-state index contributed by atoms with van der Waals surface area (Å²) in [6.07, 6.45) is 1.14. The van der Waals surface area contributed by atoms with Gasteiger partial charge in [0.05, 0.1) is 0 Å². The quantitative estimate of drug-likeness (QED) is 0.867. The molecule has 0 aromatic heterocycles. The average molecular weight is 248 g/mol. The highest BCUT2D eigenvalue weighted by Crippen LogP contribution is 2.14. The summed E-state index contributed by atoms with van der Waals surface area (Å²) < 4.78 is 0. The first kappa shape index (κ1) is 14.6. The zero-order valence-electron chi connectivity index (χ0n) is 12.0. The summed E-state index contributed by atoms with van der Waals surface area (Å²) in [6.45, 7) is 6.62. The summed E-state index contributed by atoms with van der Waals surface area (Å²) in [5.41, 5.74) is 1.79. The molecule has 1 N–H and O–H groups in total. The van der Waals surface area contributed by atoms with Crippen LogP contribution in [0, 0.1) is 5.92 Å². The van der Waals surface area contributed by atoms with Crippen molar-refractivity contribution in [3.05, 3.63) is 29.8 Å². The summed E-state index contributed by atoms with van der Waals surface area (Å²) in [5, 5.41) is 3.44. The van der Waals surface area contributed by atoms with Crippen molar-refractivity contribution in [3.63, 3.8) is 0 Å². The molecule has 0 bridgehead atoms. The zero-order chi connectivity index (χ0) is 13.7. The van der Waals surface area contributed by atoms with Crippen molar-refractivity contribution < 1.29 is 4.79 Å². The Balaban J connectivity index is 2.63. The molecule has 1 aromatic carbocycles. The van der Waals surface area contributed by atoms with Gasteiger partial charge in [-0.1, -0.05) is 13.8 Å². The first-order valence-electron chi connectivity index (χ1n) is 6.48. The Labute approximate surface area is 110 Å². The van der Waals surface area contributed by atoms with E-state index in [4.69, 9.17) is 0 Å². The van der Waals surface area contributed by atoms with Crippen LogP contribution in [0.5, 0.6) is 0 Å². The standard InChI is InChI=1S/C15H24N2O/c1-11(2)10-12(3)16-14-8-6-13(7-9-14)15(18)17(4)5/h6-9,11-12,16H,10H2,1-5H3. The van der Waals surface area contributed by atoms with E-state index in [9.17, 15) is 4.79 Å². The molecule has 0 aliphatic carbocycles. The monoisotopic (exact) mass is 248 g/mol. The van der Waals surface area contributed by atoms with Crippen LogP contribution in [-0.2, 0) is 0 Å². The zero-order valence-corrected chi connectivity index (χ0v) is 12.0. The van der Waals surface area contributed by atoms with Crippen molar-refractivity contribution in [1.29, 1.82) is 0 Å². The van der Waals surface area contributed by atoms with Crippen molar-refractivity contribution in [2.75, 3.05) is 19.4 Å². The van der Waals surface area contributed by atoms with Gasteiger partial charge in [0.2, 0.25) is 0 Å². The second-order valence-electron chi connectivity index (χ2n) is 5.45. The molecule has 1 rings (SSSR count). The van der Waals surface area contributed by atoms with Crippen LogP contribution in [0.3, 0.4) is 0 Å². The van der Waals surface area contributed by atoms with Gasteiger partial charge < -0.3 is 10.2 Å². The molecule has 0 fully saturated rings. The van der Waals surface area contributed by atoms with E-state index in [0.29, 0.717) is 12.0 Å². The number of nitrogens with one attached hydrogen (secondary N) is 1. The summed E-state index contributed by atoms with van der Waals surface area (Å²) in [6, 6.07) is 8.11. The molecular formula is C15H24N2O. The fraction of sp³-hybridized carbons (Fsp3) is 0.533. The van der Waals surface area contributed by atoms with Crippen molar-refractivity contribution >= 4 is 11.6 Å². The Morgan fingerprint density at radius 2 is 1.72 bits per heavy atom. The molecule has 0 spiro atoms. The van der Waals surface area contributed by atoms with Gasteiger partial charge in [-0.25, -0.2) is 0 Å². The molecule has 1 unspecified atom stereocenters. The van der Waals surface area contributed by atoms with E-state index in [2.05, 4.69) is 26.1 Å². The van der Waals surface area contributed by atoms with E-state index in [1.54, 1.807) is 19.0 Å². The highest BCUT2D eigenvalue weighted by atomic mass is 16.2. The Hall–Kier alpha value is -1.51. The van der Waals surface area contributed by atoms with Crippen LogP contribution in [0.1, 0.15) is 37.6 Å². The number of carbonyl (C=O) groups excluding carboxylic acids is 1. The van der Waals surface area contributed by atoms with E-state index >= 15 is 0 Å². The minimum atomic E-state index is 0.0387. The van der Waals surface area contributed by atoms with Crippen LogP contribution in [0.2, 0.25) is 0 Å². The molecule has 18 heavy (non-hydrogen) atoms. The normalized spacial score (nSPS) is 12.3. The molecule has 0 radical (unpaired) electrons. The molecule has 0 saturated heterocycles. The Kier molecular flexibility index (Phi) is 5.20. The lowest BCUT2D eigenvalue weighted by molar-refractivity contribution is 0.0827. The highest BCUT2D eigenvalue weighted by molar-refractivity contribution is 5.94. The second kappa shape index (κ2) is 6.43. The summed E-state index contributed by atoms with van der Waals surface area (Å²) in [5.74, 6) is 0.721. The Morgan fingerprint density at radius 3 is 2.17 bits per heavy atom. The van der Waals surface area contributed by atoms with Crippen LogP contribution in [0.25, 0.3) is 0 Å². The lowest BCUT2D eigenvalue weighted by Crippen LogP contribution is -2.21. The molecule has 1 amide bonds. The Morgan fingerprint density at radius 1 is 1.17 bits per heavy atom. The van der Waals surface area contributed by atoms with Crippen LogP contribution in [-0.4, -0.2) is 30.9 Å². The summed E-state index contributed by atoms with van der Waals surface area (Å²) >= 11 is 0. The molecule has 100 valence electrons. The number of anilines is 1. The number of amides is 1. The van der Waals surface area contributed by atoms with Crippen molar-refractivity contribution in [2.24, 2.45) is 5.92 Å². The number of nitrogens with zero attached hydrogens (tertiary/aromatic N) is 1.